The highest BCUT2D eigenvalue weighted by Crippen LogP contribution is 2.28. The Morgan fingerprint density at radius 1 is 1.40 bits per heavy atom. The van der Waals surface area contributed by atoms with Gasteiger partial charge in [-0.1, -0.05) is 25.7 Å². The van der Waals surface area contributed by atoms with Gasteiger partial charge in [-0.25, -0.2) is 0 Å². The molecule has 0 spiro atoms. The van der Waals surface area contributed by atoms with Gasteiger partial charge in [0.1, 0.15) is 0 Å². The molecular weight excluding hydrogens is 123 g/mol. The molecule has 54 valence electrons. The maximum absolute atomic E-state index is 10.4. The molecule has 2 heteroatoms. The second-order valence-electron chi connectivity index (χ2n) is 3.16. The zero-order chi connectivity index (χ0) is 7.40. The summed E-state index contributed by atoms with van der Waals surface area (Å²) in [6, 6.07) is 0. The van der Waals surface area contributed by atoms with Gasteiger partial charge in [0.15, 0.2) is 7.85 Å². The lowest BCUT2D eigenvalue weighted by Crippen LogP contribution is -2.00. The largest absolute Gasteiger partial charge is 0.313 e. The van der Waals surface area contributed by atoms with E-state index in [4.69, 9.17) is 7.85 Å². The van der Waals surface area contributed by atoms with E-state index in [1.54, 1.807) is 0 Å². The number of hydrogen-bond acceptors (Lipinski definition) is 1. The molecule has 1 fully saturated rings. The van der Waals surface area contributed by atoms with Crippen molar-refractivity contribution in [3.05, 3.63) is 0 Å². The van der Waals surface area contributed by atoms with E-state index in [9.17, 15) is 4.79 Å². The summed E-state index contributed by atoms with van der Waals surface area (Å²) in [5.41, 5.74) is -0.146. The van der Waals surface area contributed by atoms with Crippen molar-refractivity contribution in [2.45, 2.75) is 38.5 Å². The van der Waals surface area contributed by atoms with Crippen LogP contribution < -0.4 is 0 Å². The fraction of sp³-hybridized carbons (Fsp3) is 0.875. The molecule has 0 bridgehead atoms. The molecule has 1 rings (SSSR count). The van der Waals surface area contributed by atoms with E-state index in [-0.39, 0.29) is 5.68 Å². The van der Waals surface area contributed by atoms with Crippen LogP contribution >= 0.6 is 0 Å². The zero-order valence-corrected chi connectivity index (χ0v) is 6.31. The van der Waals surface area contributed by atoms with E-state index in [1.807, 2.05) is 0 Å². The van der Waals surface area contributed by atoms with Crippen LogP contribution in [0.15, 0.2) is 0 Å². The van der Waals surface area contributed by atoms with Gasteiger partial charge in [0.05, 0.1) is 5.68 Å². The minimum absolute atomic E-state index is 0.146. The topological polar surface area (TPSA) is 17.1 Å². The van der Waals surface area contributed by atoms with Crippen molar-refractivity contribution in [1.29, 1.82) is 0 Å². The zero-order valence-electron chi connectivity index (χ0n) is 6.31. The highest BCUT2D eigenvalue weighted by atomic mass is 16.1. The standard InChI is InChI=1S/C8H13BO/c9-8(10)6-5-7-3-1-2-4-7/h7H,1-6H2. The van der Waals surface area contributed by atoms with Gasteiger partial charge in [-0.3, -0.25) is 0 Å². The third-order valence-corrected chi connectivity index (χ3v) is 2.27. The molecule has 1 aliphatic rings. The van der Waals surface area contributed by atoms with Crippen molar-refractivity contribution >= 4 is 13.5 Å². The summed E-state index contributed by atoms with van der Waals surface area (Å²) < 4.78 is 0. The Kier molecular flexibility index (Phi) is 2.97. The molecule has 1 saturated carbocycles. The lowest BCUT2D eigenvalue weighted by Gasteiger charge is -2.05. The normalized spacial score (nSPS) is 19.6. The van der Waals surface area contributed by atoms with E-state index in [0.29, 0.717) is 6.42 Å². The molecule has 0 aliphatic heterocycles. The molecule has 1 nitrogen and oxygen atoms in total. The lowest BCUT2D eigenvalue weighted by molar-refractivity contribution is -0.112. The summed E-state index contributed by atoms with van der Waals surface area (Å²) in [7, 11) is 5.03. The van der Waals surface area contributed by atoms with Crippen molar-refractivity contribution in [1.82, 2.24) is 0 Å². The molecular formula is C8H13BO. The van der Waals surface area contributed by atoms with Gasteiger partial charge < -0.3 is 4.79 Å². The summed E-state index contributed by atoms with van der Waals surface area (Å²) in [5.74, 6) is 0.799. The Balaban J connectivity index is 2.07. The van der Waals surface area contributed by atoms with E-state index in [2.05, 4.69) is 0 Å². The van der Waals surface area contributed by atoms with Crippen LogP contribution in [0, 0.1) is 5.92 Å². The van der Waals surface area contributed by atoms with Gasteiger partial charge in [-0.15, -0.1) is 0 Å². The molecule has 0 saturated heterocycles. The summed E-state index contributed by atoms with van der Waals surface area (Å²) in [6.07, 6.45) is 6.94. The molecule has 0 aromatic heterocycles. The van der Waals surface area contributed by atoms with Gasteiger partial charge >= 0.3 is 0 Å². The Hall–Kier alpha value is -0.265. The van der Waals surface area contributed by atoms with Gasteiger partial charge in [0.2, 0.25) is 0 Å². The Labute approximate surface area is 63.6 Å². The van der Waals surface area contributed by atoms with E-state index in [0.717, 1.165) is 12.3 Å². The number of rotatable bonds is 3. The van der Waals surface area contributed by atoms with Crippen LogP contribution in [0.3, 0.4) is 0 Å². The molecule has 0 amide bonds. The second kappa shape index (κ2) is 3.79. The van der Waals surface area contributed by atoms with Crippen LogP contribution in [0.2, 0.25) is 0 Å². The summed E-state index contributed by atoms with van der Waals surface area (Å²) >= 11 is 0. The Morgan fingerprint density at radius 2 is 2.00 bits per heavy atom. The Morgan fingerprint density at radius 3 is 2.50 bits per heavy atom. The maximum atomic E-state index is 10.4. The molecule has 10 heavy (non-hydrogen) atoms. The van der Waals surface area contributed by atoms with Crippen LogP contribution in [-0.2, 0) is 4.79 Å². The smallest absolute Gasteiger partial charge is 0.167 e. The SMILES string of the molecule is [B]C(=O)CCC1CCCC1. The van der Waals surface area contributed by atoms with Crippen molar-refractivity contribution in [2.75, 3.05) is 0 Å². The summed E-state index contributed by atoms with van der Waals surface area (Å²) in [5, 5.41) is 0. The molecule has 0 N–H and O–H groups in total. The number of carbonyl (C=O) groups is 1. The molecule has 0 heterocycles. The number of carbonyl (C=O) groups excluding carboxylic acids is 1. The van der Waals surface area contributed by atoms with Crippen LogP contribution in [0.4, 0.5) is 0 Å². The van der Waals surface area contributed by atoms with Crippen molar-refractivity contribution in [3.8, 4) is 0 Å². The average Bonchev–Trinajstić information content (AvgIpc) is 2.34. The second-order valence-corrected chi connectivity index (χ2v) is 3.16. The first-order valence-corrected chi connectivity index (χ1v) is 4.07. The fourth-order valence-electron chi connectivity index (χ4n) is 1.65. The predicted octanol–water partition coefficient (Wildman–Crippen LogP) is 1.65. The van der Waals surface area contributed by atoms with Crippen LogP contribution in [-0.4, -0.2) is 13.5 Å². The van der Waals surface area contributed by atoms with Gasteiger partial charge in [-0.05, 0) is 18.8 Å². The molecule has 1 aliphatic carbocycles. The third kappa shape index (κ3) is 2.55. The quantitative estimate of drug-likeness (QED) is 0.539. The average molecular weight is 136 g/mol. The first-order valence-electron chi connectivity index (χ1n) is 4.07. The van der Waals surface area contributed by atoms with Crippen LogP contribution in [0.5, 0.6) is 0 Å². The monoisotopic (exact) mass is 136 g/mol. The first kappa shape index (κ1) is 7.84. The van der Waals surface area contributed by atoms with Crippen molar-refractivity contribution < 1.29 is 4.79 Å². The summed E-state index contributed by atoms with van der Waals surface area (Å²) in [6.45, 7) is 0. The maximum Gasteiger partial charge on any atom is 0.167 e. The summed E-state index contributed by atoms with van der Waals surface area (Å²) in [4.78, 5) is 10.4. The highest BCUT2D eigenvalue weighted by molar-refractivity contribution is 6.57. The van der Waals surface area contributed by atoms with Gasteiger partial charge in [-0.2, -0.15) is 0 Å². The molecule has 0 unspecified atom stereocenters. The number of hydrogen-bond donors (Lipinski definition) is 0. The fourth-order valence-corrected chi connectivity index (χ4v) is 1.65. The minimum atomic E-state index is -0.146. The van der Waals surface area contributed by atoms with Gasteiger partial charge in [0, 0.05) is 0 Å². The molecule has 0 atom stereocenters. The van der Waals surface area contributed by atoms with E-state index < -0.39 is 0 Å². The molecule has 0 aromatic rings. The van der Waals surface area contributed by atoms with E-state index >= 15 is 0 Å². The Bertz CT molecular complexity index is 116. The van der Waals surface area contributed by atoms with Crippen LogP contribution in [0.1, 0.15) is 38.5 Å². The predicted molar refractivity (Wildman–Crippen MR) is 42.0 cm³/mol. The highest BCUT2D eigenvalue weighted by Gasteiger charge is 2.14. The van der Waals surface area contributed by atoms with Crippen molar-refractivity contribution in [2.24, 2.45) is 5.92 Å². The van der Waals surface area contributed by atoms with E-state index in [1.165, 1.54) is 25.7 Å². The lowest BCUT2D eigenvalue weighted by atomic mass is 9.92. The first-order chi connectivity index (χ1) is 4.79. The third-order valence-electron chi connectivity index (χ3n) is 2.27. The minimum Gasteiger partial charge on any atom is -0.313 e. The van der Waals surface area contributed by atoms with Crippen molar-refractivity contribution in [3.63, 3.8) is 0 Å². The molecule has 2 radical (unpaired) electrons. The van der Waals surface area contributed by atoms with Gasteiger partial charge in [0.25, 0.3) is 0 Å². The van der Waals surface area contributed by atoms with Crippen LogP contribution in [0.25, 0.3) is 0 Å². The molecule has 0 aromatic carbocycles.